The summed E-state index contributed by atoms with van der Waals surface area (Å²) >= 11 is 0. The van der Waals surface area contributed by atoms with Crippen LogP contribution >= 0.6 is 0 Å². The second kappa shape index (κ2) is 7.61. The molecular formula is C19H27N5O2. The Morgan fingerprint density at radius 2 is 2.08 bits per heavy atom. The van der Waals surface area contributed by atoms with Gasteiger partial charge < -0.3 is 9.84 Å². The minimum atomic E-state index is -0.228. The fraction of sp³-hybridized carbons (Fsp3) is 0.632. The van der Waals surface area contributed by atoms with E-state index in [9.17, 15) is 4.79 Å². The van der Waals surface area contributed by atoms with Crippen molar-refractivity contribution in [3.8, 4) is 0 Å². The Morgan fingerprint density at radius 1 is 1.23 bits per heavy atom. The number of rotatable bonds is 4. The second-order valence-electron chi connectivity index (χ2n) is 7.47. The fourth-order valence-electron chi connectivity index (χ4n) is 4.13. The summed E-state index contributed by atoms with van der Waals surface area (Å²) in [4.78, 5) is 14.8. The fourth-order valence-corrected chi connectivity index (χ4v) is 4.13. The van der Waals surface area contributed by atoms with E-state index in [1.165, 1.54) is 37.8 Å². The average molecular weight is 357 g/mol. The normalized spacial score (nSPS) is 19.1. The SMILES string of the molecule is Cc1cc(C(=O)NCc2cc3n(n2)CCCN(C2CCCCC2)C3)no1. The van der Waals surface area contributed by atoms with Crippen LogP contribution < -0.4 is 5.32 Å². The van der Waals surface area contributed by atoms with Gasteiger partial charge in [-0.25, -0.2) is 0 Å². The minimum Gasteiger partial charge on any atom is -0.361 e. The summed E-state index contributed by atoms with van der Waals surface area (Å²) in [5, 5.41) is 11.3. The standard InChI is InChI=1S/C19H27N5O2/c1-14-10-18(22-26-14)19(25)20-12-15-11-17-13-23(8-5-9-24(17)21-15)16-6-3-2-4-7-16/h10-11,16H,2-9,12-13H2,1H3,(H,20,25). The average Bonchev–Trinajstić information content (AvgIpc) is 3.21. The third kappa shape index (κ3) is 3.82. The van der Waals surface area contributed by atoms with E-state index < -0.39 is 0 Å². The third-order valence-corrected chi connectivity index (χ3v) is 5.48. The van der Waals surface area contributed by atoms with Crippen molar-refractivity contribution in [1.29, 1.82) is 0 Å². The summed E-state index contributed by atoms with van der Waals surface area (Å²) in [6.07, 6.45) is 7.90. The zero-order chi connectivity index (χ0) is 17.9. The van der Waals surface area contributed by atoms with E-state index in [1.807, 2.05) is 0 Å². The van der Waals surface area contributed by atoms with Crippen molar-refractivity contribution in [3.63, 3.8) is 0 Å². The van der Waals surface area contributed by atoms with Gasteiger partial charge in [0.2, 0.25) is 0 Å². The van der Waals surface area contributed by atoms with Crippen molar-refractivity contribution in [1.82, 2.24) is 25.2 Å². The first-order valence-corrected chi connectivity index (χ1v) is 9.70. The highest BCUT2D eigenvalue weighted by Gasteiger charge is 2.24. The zero-order valence-electron chi connectivity index (χ0n) is 15.4. The van der Waals surface area contributed by atoms with Gasteiger partial charge in [0.15, 0.2) is 5.69 Å². The van der Waals surface area contributed by atoms with Gasteiger partial charge in [-0.3, -0.25) is 14.4 Å². The Labute approximate surface area is 153 Å². The summed E-state index contributed by atoms with van der Waals surface area (Å²) in [5.41, 5.74) is 2.47. The highest BCUT2D eigenvalue weighted by Crippen LogP contribution is 2.26. The first kappa shape index (κ1) is 17.3. The smallest absolute Gasteiger partial charge is 0.273 e. The molecule has 7 heteroatoms. The molecule has 1 aliphatic carbocycles. The highest BCUT2D eigenvalue weighted by atomic mass is 16.5. The van der Waals surface area contributed by atoms with E-state index in [4.69, 9.17) is 9.62 Å². The summed E-state index contributed by atoms with van der Waals surface area (Å²) in [6.45, 7) is 5.26. The largest absolute Gasteiger partial charge is 0.361 e. The van der Waals surface area contributed by atoms with Crippen LogP contribution in [0.5, 0.6) is 0 Å². The van der Waals surface area contributed by atoms with E-state index >= 15 is 0 Å². The van der Waals surface area contributed by atoms with E-state index in [2.05, 4.69) is 26.1 Å². The molecule has 0 unspecified atom stereocenters. The number of hydrogen-bond acceptors (Lipinski definition) is 5. The van der Waals surface area contributed by atoms with Crippen LogP contribution in [0.4, 0.5) is 0 Å². The van der Waals surface area contributed by atoms with Crippen molar-refractivity contribution in [2.75, 3.05) is 6.54 Å². The molecule has 1 aliphatic heterocycles. The number of aryl methyl sites for hydroxylation is 2. The lowest BCUT2D eigenvalue weighted by Gasteiger charge is -2.33. The number of hydrogen-bond donors (Lipinski definition) is 1. The quantitative estimate of drug-likeness (QED) is 0.910. The Bertz CT molecular complexity index is 760. The number of nitrogens with zero attached hydrogens (tertiary/aromatic N) is 4. The number of fused-ring (bicyclic) bond motifs is 1. The first-order chi connectivity index (χ1) is 12.7. The molecule has 4 rings (SSSR count). The monoisotopic (exact) mass is 357 g/mol. The molecule has 0 atom stereocenters. The van der Waals surface area contributed by atoms with Crippen molar-refractivity contribution < 1.29 is 9.32 Å². The molecule has 7 nitrogen and oxygen atoms in total. The van der Waals surface area contributed by atoms with Crippen LogP contribution in [0.25, 0.3) is 0 Å². The minimum absolute atomic E-state index is 0.228. The van der Waals surface area contributed by atoms with E-state index in [1.54, 1.807) is 13.0 Å². The van der Waals surface area contributed by atoms with Crippen LogP contribution in [0.15, 0.2) is 16.7 Å². The number of nitrogens with one attached hydrogen (secondary N) is 1. The summed E-state index contributed by atoms with van der Waals surface area (Å²) in [7, 11) is 0. The Kier molecular flexibility index (Phi) is 5.06. The van der Waals surface area contributed by atoms with Gasteiger partial charge in [-0.05, 0) is 32.3 Å². The topological polar surface area (TPSA) is 76.2 Å². The van der Waals surface area contributed by atoms with Gasteiger partial charge in [0.25, 0.3) is 5.91 Å². The maximum absolute atomic E-state index is 12.1. The van der Waals surface area contributed by atoms with Crippen molar-refractivity contribution in [3.05, 3.63) is 35.0 Å². The summed E-state index contributed by atoms with van der Waals surface area (Å²) in [5.74, 6) is 0.403. The van der Waals surface area contributed by atoms with Crippen LogP contribution in [-0.4, -0.2) is 38.3 Å². The molecule has 1 saturated carbocycles. The predicted molar refractivity (Wildman–Crippen MR) is 96.5 cm³/mol. The van der Waals surface area contributed by atoms with Crippen LogP contribution in [-0.2, 0) is 19.6 Å². The molecule has 0 bridgehead atoms. The van der Waals surface area contributed by atoms with Gasteiger partial charge in [-0.15, -0.1) is 0 Å². The molecule has 1 N–H and O–H groups in total. The molecule has 2 aliphatic rings. The summed E-state index contributed by atoms with van der Waals surface area (Å²) in [6, 6.07) is 4.50. The maximum Gasteiger partial charge on any atom is 0.273 e. The molecule has 1 amide bonds. The highest BCUT2D eigenvalue weighted by molar-refractivity contribution is 5.92. The Hall–Kier alpha value is -2.15. The van der Waals surface area contributed by atoms with Gasteiger partial charge in [0.05, 0.1) is 17.9 Å². The molecule has 0 saturated heterocycles. The van der Waals surface area contributed by atoms with Gasteiger partial charge in [0, 0.05) is 31.7 Å². The Balaban J connectivity index is 1.39. The number of carbonyl (C=O) groups is 1. The van der Waals surface area contributed by atoms with Crippen LogP contribution in [0.2, 0.25) is 0 Å². The van der Waals surface area contributed by atoms with Crippen molar-refractivity contribution in [2.24, 2.45) is 0 Å². The summed E-state index contributed by atoms with van der Waals surface area (Å²) < 4.78 is 7.07. The first-order valence-electron chi connectivity index (χ1n) is 9.70. The van der Waals surface area contributed by atoms with Gasteiger partial charge in [-0.1, -0.05) is 24.4 Å². The van der Waals surface area contributed by atoms with Crippen LogP contribution in [0.3, 0.4) is 0 Å². The number of amides is 1. The van der Waals surface area contributed by atoms with E-state index in [-0.39, 0.29) is 5.91 Å². The van der Waals surface area contributed by atoms with E-state index in [0.29, 0.717) is 18.0 Å². The van der Waals surface area contributed by atoms with Crippen molar-refractivity contribution in [2.45, 2.75) is 71.1 Å². The van der Waals surface area contributed by atoms with Gasteiger partial charge in [0.1, 0.15) is 5.76 Å². The molecule has 0 aromatic carbocycles. The number of carbonyl (C=O) groups excluding carboxylic acids is 1. The van der Waals surface area contributed by atoms with Gasteiger partial charge in [-0.2, -0.15) is 5.10 Å². The lowest BCUT2D eigenvalue weighted by atomic mass is 9.94. The molecule has 2 aromatic heterocycles. The molecule has 2 aromatic rings. The third-order valence-electron chi connectivity index (χ3n) is 5.48. The predicted octanol–water partition coefficient (Wildman–Crippen LogP) is 2.65. The molecule has 1 fully saturated rings. The molecule has 140 valence electrons. The van der Waals surface area contributed by atoms with Crippen molar-refractivity contribution >= 4 is 5.91 Å². The van der Waals surface area contributed by atoms with Gasteiger partial charge >= 0.3 is 0 Å². The molecular weight excluding hydrogens is 330 g/mol. The molecule has 3 heterocycles. The molecule has 26 heavy (non-hydrogen) atoms. The van der Waals surface area contributed by atoms with Crippen LogP contribution in [0.1, 0.15) is 66.2 Å². The second-order valence-corrected chi connectivity index (χ2v) is 7.47. The number of aromatic nitrogens is 3. The maximum atomic E-state index is 12.1. The lowest BCUT2D eigenvalue weighted by Crippen LogP contribution is -2.36. The molecule has 0 radical (unpaired) electrons. The van der Waals surface area contributed by atoms with E-state index in [0.717, 1.165) is 37.8 Å². The van der Waals surface area contributed by atoms with Crippen LogP contribution in [0, 0.1) is 6.92 Å². The zero-order valence-corrected chi connectivity index (χ0v) is 15.4. The molecule has 0 spiro atoms. The lowest BCUT2D eigenvalue weighted by molar-refractivity contribution is 0.0941. The Morgan fingerprint density at radius 3 is 2.85 bits per heavy atom.